The molecule has 1 aliphatic rings. The molecule has 5 nitrogen and oxygen atoms in total. The molecule has 0 amide bonds. The Morgan fingerprint density at radius 2 is 1.54 bits per heavy atom. The molecule has 6 heteroatoms. The number of nitrogens with one attached hydrogen (secondary N) is 1. The first kappa shape index (κ1) is 43.0. The van der Waals surface area contributed by atoms with Crippen molar-refractivity contribution in [1.82, 2.24) is 0 Å². The molecule has 0 heterocycles. The van der Waals surface area contributed by atoms with Crippen LogP contribution in [0.5, 0.6) is 0 Å². The van der Waals surface area contributed by atoms with E-state index in [4.69, 9.17) is 15.6 Å². The second-order valence-corrected chi connectivity index (χ2v) is 12.4. The van der Waals surface area contributed by atoms with E-state index in [0.29, 0.717) is 54.3 Å². The molecule has 1 aromatic rings. The minimum atomic E-state index is -0.387. The van der Waals surface area contributed by atoms with Crippen LogP contribution in [-0.2, 0) is 17.6 Å². The number of nitrogens with zero attached hydrogens (tertiary/aromatic N) is 1. The summed E-state index contributed by atoms with van der Waals surface area (Å²) in [6.07, 6.45) is 13.2. The average Bonchev–Trinajstić information content (AvgIpc) is 3.04. The van der Waals surface area contributed by atoms with Gasteiger partial charge >= 0.3 is 0 Å². The van der Waals surface area contributed by atoms with Crippen LogP contribution in [0.25, 0.3) is 0 Å². The molecule has 0 radical (unpaired) electrons. The van der Waals surface area contributed by atoms with Crippen molar-refractivity contribution < 1.29 is 14.2 Å². The Morgan fingerprint density at radius 3 is 1.91 bits per heavy atom. The Hall–Kier alpha value is -2.99. The minimum Gasteiger partial charge on any atom is -0.477 e. The van der Waals surface area contributed by atoms with Gasteiger partial charge in [-0.1, -0.05) is 72.5 Å². The number of hydrogen-bond donors (Lipinski definition) is 3. The maximum atomic E-state index is 16.2. The second-order valence-electron chi connectivity index (χ2n) is 12.4. The first-order valence-electron chi connectivity index (χ1n) is 17.4. The van der Waals surface area contributed by atoms with E-state index in [1.807, 2.05) is 54.5 Å². The number of aliphatic hydroxyl groups excluding tert-OH is 1. The van der Waals surface area contributed by atoms with Crippen LogP contribution >= 0.6 is 0 Å². The second kappa shape index (κ2) is 21.7. The van der Waals surface area contributed by atoms with Gasteiger partial charge in [0.05, 0.1) is 12.3 Å². The Bertz CT molecular complexity index is 1260. The van der Waals surface area contributed by atoms with Crippen molar-refractivity contribution in [2.75, 3.05) is 13.2 Å². The lowest BCUT2D eigenvalue weighted by atomic mass is 9.68. The number of unbranched alkanes of at least 4 members (excludes halogenated alkanes) is 1. The van der Waals surface area contributed by atoms with Gasteiger partial charge in [0.1, 0.15) is 5.82 Å². The number of nitrogens with two attached hydrogens (primary N) is 1. The predicted octanol–water partition coefficient (Wildman–Crippen LogP) is 10.8. The fraction of sp³-hybridized carbons (Fsp3) is 0.600. The van der Waals surface area contributed by atoms with E-state index in [1.54, 1.807) is 13.1 Å². The highest BCUT2D eigenvalue weighted by Crippen LogP contribution is 2.44. The Kier molecular flexibility index (Phi) is 20.3. The summed E-state index contributed by atoms with van der Waals surface area (Å²) in [6.45, 7) is 28.9. The normalized spacial score (nSPS) is 15.0. The Labute approximate surface area is 281 Å². The van der Waals surface area contributed by atoms with Gasteiger partial charge in [0, 0.05) is 40.6 Å². The van der Waals surface area contributed by atoms with E-state index in [2.05, 4.69) is 39.3 Å². The molecule has 1 fully saturated rings. The molecule has 0 aromatic heterocycles. The SMILES string of the molecule is C=C(/N=C\c1c(C)c(F)c(C(=N)C(=C(C)\C(C)=C/C)/C(C)=C(\C)N)c(CC)c1CC)OCC1(CC)CCC1.CCCC.CCCO. The van der Waals surface area contributed by atoms with Gasteiger partial charge in [0.2, 0.25) is 5.88 Å². The zero-order chi connectivity index (χ0) is 35.6. The summed E-state index contributed by atoms with van der Waals surface area (Å²) in [5.41, 5.74) is 14.0. The number of aliphatic hydroxyl groups is 1. The molecule has 0 unspecified atom stereocenters. The van der Waals surface area contributed by atoms with Crippen LogP contribution in [0.15, 0.2) is 51.5 Å². The summed E-state index contributed by atoms with van der Waals surface area (Å²) < 4.78 is 22.2. The molecular weight excluding hydrogens is 573 g/mol. The van der Waals surface area contributed by atoms with Crippen molar-refractivity contribution >= 4 is 11.9 Å². The molecule has 260 valence electrons. The van der Waals surface area contributed by atoms with Crippen molar-refractivity contribution in [3.63, 3.8) is 0 Å². The average molecular weight is 640 g/mol. The number of halogens is 1. The van der Waals surface area contributed by atoms with Gasteiger partial charge in [-0.25, -0.2) is 9.38 Å². The number of rotatable bonds is 14. The summed E-state index contributed by atoms with van der Waals surface area (Å²) in [5.74, 6) is -0.0364. The zero-order valence-corrected chi connectivity index (χ0v) is 31.4. The quantitative estimate of drug-likeness (QED) is 0.107. The van der Waals surface area contributed by atoms with Crippen LogP contribution in [0.4, 0.5) is 4.39 Å². The van der Waals surface area contributed by atoms with Crippen molar-refractivity contribution in [2.45, 2.75) is 141 Å². The van der Waals surface area contributed by atoms with E-state index in [0.717, 1.165) is 46.3 Å². The molecule has 2 rings (SSSR count). The van der Waals surface area contributed by atoms with E-state index >= 15 is 4.39 Å². The molecule has 1 aromatic carbocycles. The van der Waals surface area contributed by atoms with Gasteiger partial charge in [-0.15, -0.1) is 0 Å². The van der Waals surface area contributed by atoms with Gasteiger partial charge in [-0.05, 0) is 114 Å². The molecule has 46 heavy (non-hydrogen) atoms. The molecule has 4 N–H and O–H groups in total. The first-order valence-corrected chi connectivity index (χ1v) is 17.4. The van der Waals surface area contributed by atoms with Crippen LogP contribution in [0.3, 0.4) is 0 Å². The molecule has 0 spiro atoms. The Morgan fingerprint density at radius 1 is 1.00 bits per heavy atom. The maximum Gasteiger partial charge on any atom is 0.205 e. The smallest absolute Gasteiger partial charge is 0.205 e. The van der Waals surface area contributed by atoms with Gasteiger partial charge < -0.3 is 15.6 Å². The minimum absolute atomic E-state index is 0.166. The highest BCUT2D eigenvalue weighted by molar-refractivity contribution is 6.15. The summed E-state index contributed by atoms with van der Waals surface area (Å²) in [7, 11) is 0. The standard InChI is InChI=1S/C33H48FN3O.C4H10.C3H8O/c1-11-20(5)21(6)29(22(7)24(9)35)32(36)30-27(13-3)26(12-2)28(23(8)31(30)34)18-37-25(10)38-19-33(14-4)16-15-17-33;1-3-4-2;1-2-3-4/h11,18,36H,10,12-17,19,35H2,1-9H3;3-4H2,1-2H3;4H,2-3H2,1H3/b20-11-,24-22+,29-21-,36-32?,37-18-;;. The number of hydrogen-bond acceptors (Lipinski definition) is 5. The van der Waals surface area contributed by atoms with Gasteiger partial charge in [-0.3, -0.25) is 5.41 Å². The fourth-order valence-electron chi connectivity index (χ4n) is 5.29. The van der Waals surface area contributed by atoms with E-state index < -0.39 is 0 Å². The van der Waals surface area contributed by atoms with Crippen LogP contribution in [0.1, 0.15) is 149 Å². The summed E-state index contributed by atoms with van der Waals surface area (Å²) in [4.78, 5) is 4.50. The topological polar surface area (TPSA) is 91.7 Å². The van der Waals surface area contributed by atoms with Crippen LogP contribution in [0, 0.1) is 23.6 Å². The van der Waals surface area contributed by atoms with E-state index in [1.165, 1.54) is 32.1 Å². The number of allylic oxidation sites excluding steroid dienone is 6. The molecule has 0 bridgehead atoms. The van der Waals surface area contributed by atoms with Gasteiger partial charge in [0.15, 0.2) is 0 Å². The molecular formula is C40H66FN3O2. The first-order chi connectivity index (χ1) is 21.7. The third kappa shape index (κ3) is 11.7. The highest BCUT2D eigenvalue weighted by Gasteiger charge is 2.36. The molecule has 0 aliphatic heterocycles. The van der Waals surface area contributed by atoms with E-state index in [9.17, 15) is 5.41 Å². The summed E-state index contributed by atoms with van der Waals surface area (Å²) in [6, 6.07) is 0. The predicted molar refractivity (Wildman–Crippen MR) is 199 cm³/mol. The molecule has 0 atom stereocenters. The lowest BCUT2D eigenvalue weighted by Crippen LogP contribution is -2.33. The molecule has 1 aliphatic carbocycles. The van der Waals surface area contributed by atoms with Gasteiger partial charge in [-0.2, -0.15) is 0 Å². The largest absolute Gasteiger partial charge is 0.477 e. The zero-order valence-electron chi connectivity index (χ0n) is 31.4. The van der Waals surface area contributed by atoms with Crippen molar-refractivity contribution in [1.29, 1.82) is 5.41 Å². The summed E-state index contributed by atoms with van der Waals surface area (Å²) >= 11 is 0. The van der Waals surface area contributed by atoms with Crippen LogP contribution in [0.2, 0.25) is 0 Å². The van der Waals surface area contributed by atoms with Crippen molar-refractivity contribution in [3.05, 3.63) is 80.2 Å². The maximum absolute atomic E-state index is 16.2. The van der Waals surface area contributed by atoms with Crippen LogP contribution < -0.4 is 5.73 Å². The number of ether oxygens (including phenoxy) is 1. The van der Waals surface area contributed by atoms with Crippen LogP contribution in [-0.4, -0.2) is 30.2 Å². The Balaban J connectivity index is 0.00000226. The molecule has 1 saturated carbocycles. The molecule has 0 saturated heterocycles. The monoisotopic (exact) mass is 640 g/mol. The highest BCUT2D eigenvalue weighted by atomic mass is 19.1. The van der Waals surface area contributed by atoms with Crippen molar-refractivity contribution in [2.24, 2.45) is 16.1 Å². The third-order valence-corrected chi connectivity index (χ3v) is 9.29. The third-order valence-electron chi connectivity index (χ3n) is 9.29. The van der Waals surface area contributed by atoms with Gasteiger partial charge in [0.25, 0.3) is 0 Å². The van der Waals surface area contributed by atoms with Crippen molar-refractivity contribution in [3.8, 4) is 0 Å². The lowest BCUT2D eigenvalue weighted by Gasteiger charge is -2.40. The number of benzene rings is 1. The van der Waals surface area contributed by atoms with E-state index in [-0.39, 0.29) is 16.9 Å². The fourth-order valence-corrected chi connectivity index (χ4v) is 5.29. The lowest BCUT2D eigenvalue weighted by molar-refractivity contribution is 0.0207. The number of aliphatic imine (C=N–C) groups is 1. The summed E-state index contributed by atoms with van der Waals surface area (Å²) in [5, 5.41) is 17.2.